The third-order valence-corrected chi connectivity index (χ3v) is 5.64. The lowest BCUT2D eigenvalue weighted by Gasteiger charge is -2.20. The second kappa shape index (κ2) is 9.68. The van der Waals surface area contributed by atoms with Gasteiger partial charge in [-0.2, -0.15) is 9.65 Å². The fourth-order valence-electron chi connectivity index (χ4n) is 4.11. The highest BCUT2D eigenvalue weighted by Crippen LogP contribution is 2.38. The van der Waals surface area contributed by atoms with Gasteiger partial charge < -0.3 is 14.9 Å². The Bertz CT molecular complexity index is 841. The average molecular weight is 399 g/mol. The van der Waals surface area contributed by atoms with E-state index >= 15 is 0 Å². The summed E-state index contributed by atoms with van der Waals surface area (Å²) in [5.41, 5.74) is 0.938. The topological polar surface area (TPSA) is 89.6 Å². The van der Waals surface area contributed by atoms with Crippen LogP contribution in [0.1, 0.15) is 36.6 Å². The Kier molecular flexibility index (Phi) is 7.02. The molecule has 1 saturated heterocycles. The van der Waals surface area contributed by atoms with Gasteiger partial charge in [-0.15, -0.1) is 0 Å². The molecule has 2 heterocycles. The molecule has 154 valence electrons. The zero-order chi connectivity index (χ0) is 20.8. The van der Waals surface area contributed by atoms with Crippen LogP contribution in [0.5, 0.6) is 11.5 Å². The molecule has 0 radical (unpaired) electrons. The Labute approximate surface area is 170 Å². The number of fused-ring (bicyclic) bond motifs is 1. The summed E-state index contributed by atoms with van der Waals surface area (Å²) in [6.45, 7) is 2.55. The van der Waals surface area contributed by atoms with Gasteiger partial charge in [0.05, 0.1) is 24.4 Å². The smallest absolute Gasteiger partial charge is 0.255 e. The van der Waals surface area contributed by atoms with E-state index in [0.29, 0.717) is 12.1 Å². The fraction of sp³-hybridized carbons (Fsp3) is 0.455. The van der Waals surface area contributed by atoms with Crippen LogP contribution in [0.2, 0.25) is 0 Å². The second-order valence-electron chi connectivity index (χ2n) is 7.57. The summed E-state index contributed by atoms with van der Waals surface area (Å²) < 4.78 is 18.1. The number of rotatable bonds is 4. The minimum Gasteiger partial charge on any atom is -0.504 e. The number of β-amino-alcohol motifs (C(OH)–C–C–N with tert-alkyl or cyclic N) is 1. The van der Waals surface area contributed by atoms with Gasteiger partial charge in [-0.1, -0.05) is 6.42 Å². The molecule has 1 aliphatic carbocycles. The van der Waals surface area contributed by atoms with Crippen molar-refractivity contribution in [3.8, 4) is 17.6 Å². The summed E-state index contributed by atoms with van der Waals surface area (Å²) >= 11 is 0. The van der Waals surface area contributed by atoms with Crippen LogP contribution >= 0.6 is 0 Å². The highest BCUT2D eigenvalue weighted by molar-refractivity contribution is 5.34. The Morgan fingerprint density at radius 3 is 2.41 bits per heavy atom. The number of hydrogen-bond donors (Lipinski definition) is 2. The lowest BCUT2D eigenvalue weighted by atomic mass is 10.0. The third kappa shape index (κ3) is 5.43. The highest BCUT2D eigenvalue weighted by atomic mass is 19.1. The van der Waals surface area contributed by atoms with E-state index in [9.17, 15) is 9.50 Å². The Morgan fingerprint density at radius 1 is 1.21 bits per heavy atom. The number of halogens is 1. The molecule has 1 saturated carbocycles. The first-order valence-electron chi connectivity index (χ1n) is 9.80. The largest absolute Gasteiger partial charge is 0.504 e. The summed E-state index contributed by atoms with van der Waals surface area (Å²) in [6, 6.07) is 11.7. The zero-order valence-electron chi connectivity index (χ0n) is 16.5. The number of nitrogens with zero attached hydrogens (tertiary/aromatic N) is 3. The van der Waals surface area contributed by atoms with Crippen molar-refractivity contribution in [3.63, 3.8) is 0 Å². The number of ether oxygens (including phenoxy) is 1. The maximum Gasteiger partial charge on any atom is 0.255 e. The second-order valence-corrected chi connectivity index (χ2v) is 7.57. The summed E-state index contributed by atoms with van der Waals surface area (Å²) in [5, 5.41) is 27.6. The van der Waals surface area contributed by atoms with Gasteiger partial charge in [0.15, 0.2) is 5.75 Å². The van der Waals surface area contributed by atoms with Crippen molar-refractivity contribution in [2.75, 3.05) is 26.7 Å². The molecule has 3 atom stereocenters. The minimum atomic E-state index is -0.921. The monoisotopic (exact) mass is 399 g/mol. The average Bonchev–Trinajstić information content (AvgIpc) is 3.32. The van der Waals surface area contributed by atoms with Crippen LogP contribution in [0.3, 0.4) is 0 Å². The zero-order valence-corrected chi connectivity index (χ0v) is 16.5. The Hall–Kier alpha value is -2.69. The van der Waals surface area contributed by atoms with Gasteiger partial charge in [0.1, 0.15) is 11.9 Å². The molecule has 2 N–H and O–H groups in total. The van der Waals surface area contributed by atoms with E-state index in [2.05, 4.69) is 9.88 Å². The molecule has 0 amide bonds. The number of hydrogen-bond acceptors (Lipinski definition) is 6. The van der Waals surface area contributed by atoms with E-state index in [4.69, 9.17) is 15.1 Å². The van der Waals surface area contributed by atoms with E-state index in [1.165, 1.54) is 31.4 Å². The van der Waals surface area contributed by atoms with Crippen LogP contribution in [0.25, 0.3) is 0 Å². The minimum absolute atomic E-state index is 0.285. The number of methoxy groups -OCH3 is 1. The lowest BCUT2D eigenvalue weighted by molar-refractivity contribution is 0.117. The van der Waals surface area contributed by atoms with Gasteiger partial charge in [0.2, 0.25) is 0 Å². The van der Waals surface area contributed by atoms with Crippen molar-refractivity contribution in [2.45, 2.75) is 25.4 Å². The number of aliphatic hydroxyl groups is 1. The first-order valence-corrected chi connectivity index (χ1v) is 9.80. The predicted octanol–water partition coefficient (Wildman–Crippen LogP) is 3.26. The number of likely N-dealkylation sites (tertiary alicyclic amines) is 1. The standard InChI is InChI=1S/C14H19FN2O2.C8H7NO/c15-14-12(18)5-4-11(16-14)13(19)8-17-6-9-2-1-3-10(9)7-17;1-10-8-4-2-7(6-9)3-5-8/h4-5,9-10,13,18-19H,1-3,6-8H2;2-5H,1H3. The molecule has 2 fully saturated rings. The van der Waals surface area contributed by atoms with Gasteiger partial charge >= 0.3 is 0 Å². The molecule has 2 aliphatic rings. The number of aromatic hydroxyl groups is 1. The molecule has 7 heteroatoms. The first-order chi connectivity index (χ1) is 14.0. The van der Waals surface area contributed by atoms with E-state index in [-0.39, 0.29) is 5.69 Å². The summed E-state index contributed by atoms with van der Waals surface area (Å²) in [4.78, 5) is 5.84. The van der Waals surface area contributed by atoms with Gasteiger partial charge in [-0.05, 0) is 61.1 Å². The molecule has 3 unspecified atom stereocenters. The Morgan fingerprint density at radius 2 is 1.86 bits per heavy atom. The van der Waals surface area contributed by atoms with Crippen LogP contribution < -0.4 is 4.74 Å². The third-order valence-electron chi connectivity index (χ3n) is 5.64. The maximum absolute atomic E-state index is 13.2. The van der Waals surface area contributed by atoms with Crippen molar-refractivity contribution in [1.82, 2.24) is 9.88 Å². The quantitative estimate of drug-likeness (QED) is 0.767. The predicted molar refractivity (Wildman–Crippen MR) is 106 cm³/mol. The number of pyridine rings is 1. The highest BCUT2D eigenvalue weighted by Gasteiger charge is 2.36. The summed E-state index contributed by atoms with van der Waals surface area (Å²) in [6.07, 6.45) is 3.12. The molecule has 0 bridgehead atoms. The first kappa shape index (κ1) is 21.0. The molecule has 6 nitrogen and oxygen atoms in total. The van der Waals surface area contributed by atoms with Crippen molar-refractivity contribution in [1.29, 1.82) is 5.26 Å². The fourth-order valence-corrected chi connectivity index (χ4v) is 4.11. The lowest BCUT2D eigenvalue weighted by Crippen LogP contribution is -2.27. The van der Waals surface area contributed by atoms with E-state index in [1.54, 1.807) is 31.4 Å². The normalized spacial score (nSPS) is 21.6. The molecule has 0 spiro atoms. The SMILES string of the molecule is COc1ccc(C#N)cc1.Oc1ccc(C(O)CN2CC3CCCC3C2)nc1F. The van der Waals surface area contributed by atoms with Crippen molar-refractivity contribution < 1.29 is 19.3 Å². The molecule has 1 aromatic heterocycles. The number of aromatic nitrogens is 1. The van der Waals surface area contributed by atoms with Crippen molar-refractivity contribution in [2.24, 2.45) is 11.8 Å². The summed E-state index contributed by atoms with van der Waals surface area (Å²) in [7, 11) is 1.60. The molecule has 4 rings (SSSR count). The maximum atomic E-state index is 13.2. The van der Waals surface area contributed by atoms with Crippen LogP contribution in [0, 0.1) is 29.1 Å². The molecule has 1 aromatic carbocycles. The van der Waals surface area contributed by atoms with Gasteiger partial charge in [0.25, 0.3) is 5.95 Å². The van der Waals surface area contributed by atoms with Crippen LogP contribution in [-0.4, -0.2) is 46.8 Å². The Balaban J connectivity index is 0.000000204. The molecular formula is C22H26FN3O3. The number of aliphatic hydroxyl groups excluding tert-OH is 1. The van der Waals surface area contributed by atoms with E-state index in [0.717, 1.165) is 30.7 Å². The van der Waals surface area contributed by atoms with Gasteiger partial charge in [0, 0.05) is 19.6 Å². The molecule has 1 aliphatic heterocycles. The van der Waals surface area contributed by atoms with Crippen molar-refractivity contribution >= 4 is 0 Å². The molecule has 29 heavy (non-hydrogen) atoms. The summed E-state index contributed by atoms with van der Waals surface area (Å²) in [5.74, 6) is 0.925. The number of benzene rings is 1. The van der Waals surface area contributed by atoms with Crippen LogP contribution in [-0.2, 0) is 0 Å². The van der Waals surface area contributed by atoms with Crippen molar-refractivity contribution in [3.05, 3.63) is 53.6 Å². The van der Waals surface area contributed by atoms with E-state index in [1.807, 2.05) is 6.07 Å². The van der Waals surface area contributed by atoms with Gasteiger partial charge in [-0.3, -0.25) is 4.90 Å². The van der Waals surface area contributed by atoms with Crippen LogP contribution in [0.15, 0.2) is 36.4 Å². The molecule has 2 aromatic rings. The molecular weight excluding hydrogens is 373 g/mol. The van der Waals surface area contributed by atoms with Crippen LogP contribution in [0.4, 0.5) is 4.39 Å². The van der Waals surface area contributed by atoms with E-state index < -0.39 is 17.8 Å². The number of nitriles is 1. The van der Waals surface area contributed by atoms with Gasteiger partial charge in [-0.25, -0.2) is 4.98 Å².